The van der Waals surface area contributed by atoms with Crippen molar-refractivity contribution in [1.29, 1.82) is 0 Å². The highest BCUT2D eigenvalue weighted by atomic mass is 32.2. The Hall–Kier alpha value is -0.470. The van der Waals surface area contributed by atoms with E-state index < -0.39 is 21.8 Å². The number of alkyl carbamates (subject to hydrolysis) is 1. The van der Waals surface area contributed by atoms with E-state index in [1.165, 1.54) is 0 Å². The molecule has 0 aromatic carbocycles. The zero-order valence-corrected chi connectivity index (χ0v) is 11.9. The van der Waals surface area contributed by atoms with Crippen LogP contribution >= 0.6 is 12.6 Å². The number of carbonyl (C=O) groups excluding carboxylic acids is 1. The molecule has 0 aromatic rings. The Kier molecular flexibility index (Phi) is 6.88. The fraction of sp³-hybridized carbons (Fsp3) is 0.889. The number of ether oxygens (including phenoxy) is 1. The third kappa shape index (κ3) is 10.4. The first-order chi connectivity index (χ1) is 7.66. The molecule has 0 aromatic heterocycles. The largest absolute Gasteiger partial charge is 0.444 e. The highest BCUT2D eigenvalue weighted by molar-refractivity contribution is 7.88. The van der Waals surface area contributed by atoms with E-state index in [0.29, 0.717) is 0 Å². The standard InChI is InChI=1S/C9H19NO5S2/c1-9(2,3)15-8(11)10-4-5-14-17(12,13)7-6-16/h16H,4-7H2,1-3H3,(H,10,11). The Morgan fingerprint density at radius 2 is 1.94 bits per heavy atom. The summed E-state index contributed by atoms with van der Waals surface area (Å²) in [4.78, 5) is 11.2. The highest BCUT2D eigenvalue weighted by Crippen LogP contribution is 2.06. The van der Waals surface area contributed by atoms with Gasteiger partial charge in [0.25, 0.3) is 10.1 Å². The van der Waals surface area contributed by atoms with Crippen molar-refractivity contribution < 1.29 is 22.1 Å². The number of hydrogen-bond acceptors (Lipinski definition) is 6. The number of thiol groups is 1. The maximum absolute atomic E-state index is 11.2. The summed E-state index contributed by atoms with van der Waals surface area (Å²) in [5.41, 5.74) is -0.580. The third-order valence-electron chi connectivity index (χ3n) is 1.37. The summed E-state index contributed by atoms with van der Waals surface area (Å²) in [5, 5.41) is 2.38. The average Bonchev–Trinajstić information content (AvgIpc) is 2.09. The van der Waals surface area contributed by atoms with Gasteiger partial charge in [0, 0.05) is 12.3 Å². The minimum atomic E-state index is -3.53. The van der Waals surface area contributed by atoms with E-state index in [1.54, 1.807) is 20.8 Å². The zero-order valence-electron chi connectivity index (χ0n) is 10.2. The van der Waals surface area contributed by atoms with Gasteiger partial charge in [-0.3, -0.25) is 4.18 Å². The molecule has 0 unspecified atom stereocenters. The number of hydrogen-bond donors (Lipinski definition) is 2. The predicted octanol–water partition coefficient (Wildman–Crippen LogP) is 0.787. The average molecular weight is 285 g/mol. The van der Waals surface area contributed by atoms with E-state index in [1.807, 2.05) is 0 Å². The molecule has 0 aliphatic rings. The summed E-state index contributed by atoms with van der Waals surface area (Å²) < 4.78 is 31.7. The monoisotopic (exact) mass is 285 g/mol. The van der Waals surface area contributed by atoms with Crippen LogP contribution in [0.3, 0.4) is 0 Å². The molecule has 17 heavy (non-hydrogen) atoms. The Labute approximate surface area is 108 Å². The lowest BCUT2D eigenvalue weighted by atomic mass is 10.2. The van der Waals surface area contributed by atoms with E-state index >= 15 is 0 Å². The molecule has 0 saturated carbocycles. The molecular weight excluding hydrogens is 266 g/mol. The SMILES string of the molecule is CC(C)(C)OC(=O)NCCOS(=O)(=O)CCS. The first-order valence-corrected chi connectivity index (χ1v) is 7.32. The van der Waals surface area contributed by atoms with E-state index in [-0.39, 0.29) is 24.7 Å². The molecule has 102 valence electrons. The predicted molar refractivity (Wildman–Crippen MR) is 67.8 cm³/mol. The Bertz CT molecular complexity index is 334. The Morgan fingerprint density at radius 3 is 2.41 bits per heavy atom. The van der Waals surface area contributed by atoms with Crippen LogP contribution in [0, 0.1) is 0 Å². The zero-order chi connectivity index (χ0) is 13.5. The number of rotatable bonds is 6. The van der Waals surface area contributed by atoms with Gasteiger partial charge >= 0.3 is 6.09 Å². The van der Waals surface area contributed by atoms with Crippen LogP contribution in [0.1, 0.15) is 20.8 Å². The summed E-state index contributed by atoms with van der Waals surface area (Å²) in [6.07, 6.45) is -0.604. The molecule has 0 fully saturated rings. The molecular formula is C9H19NO5S2. The normalized spacial score (nSPS) is 12.2. The van der Waals surface area contributed by atoms with Gasteiger partial charge in [0.15, 0.2) is 0 Å². The van der Waals surface area contributed by atoms with Gasteiger partial charge in [-0.05, 0) is 20.8 Å². The molecule has 6 nitrogen and oxygen atoms in total. The van der Waals surface area contributed by atoms with Gasteiger partial charge in [0.1, 0.15) is 5.60 Å². The molecule has 0 aliphatic carbocycles. The van der Waals surface area contributed by atoms with Crippen molar-refractivity contribution in [3.05, 3.63) is 0 Å². The van der Waals surface area contributed by atoms with Crippen LogP contribution in [-0.4, -0.2) is 44.8 Å². The van der Waals surface area contributed by atoms with Gasteiger partial charge in [-0.25, -0.2) is 4.79 Å². The molecule has 0 radical (unpaired) electrons. The smallest absolute Gasteiger partial charge is 0.407 e. The molecule has 0 atom stereocenters. The van der Waals surface area contributed by atoms with Crippen LogP contribution in [0.2, 0.25) is 0 Å². The lowest BCUT2D eigenvalue weighted by molar-refractivity contribution is 0.0520. The molecule has 0 saturated heterocycles. The first kappa shape index (κ1) is 16.5. The van der Waals surface area contributed by atoms with Gasteiger partial charge < -0.3 is 10.1 Å². The maximum atomic E-state index is 11.2. The van der Waals surface area contributed by atoms with Crippen molar-refractivity contribution in [2.45, 2.75) is 26.4 Å². The topological polar surface area (TPSA) is 81.7 Å². The van der Waals surface area contributed by atoms with Crippen LogP contribution in [0.25, 0.3) is 0 Å². The van der Waals surface area contributed by atoms with Gasteiger partial charge in [0.2, 0.25) is 0 Å². The number of amides is 1. The van der Waals surface area contributed by atoms with Gasteiger partial charge in [-0.15, -0.1) is 0 Å². The van der Waals surface area contributed by atoms with E-state index in [4.69, 9.17) is 4.74 Å². The van der Waals surface area contributed by atoms with E-state index in [0.717, 1.165) is 0 Å². The molecule has 0 bridgehead atoms. The second-order valence-electron chi connectivity index (χ2n) is 4.24. The van der Waals surface area contributed by atoms with Crippen LogP contribution in [0.5, 0.6) is 0 Å². The van der Waals surface area contributed by atoms with Crippen molar-refractivity contribution in [1.82, 2.24) is 5.32 Å². The second kappa shape index (κ2) is 7.07. The minimum Gasteiger partial charge on any atom is -0.444 e. The van der Waals surface area contributed by atoms with Gasteiger partial charge in [0.05, 0.1) is 12.4 Å². The lowest BCUT2D eigenvalue weighted by Crippen LogP contribution is -2.34. The van der Waals surface area contributed by atoms with Crippen LogP contribution in [-0.2, 0) is 19.0 Å². The summed E-state index contributed by atoms with van der Waals surface area (Å²) >= 11 is 3.79. The molecule has 0 aliphatic heterocycles. The van der Waals surface area contributed by atoms with Gasteiger partial charge in [-0.1, -0.05) is 0 Å². The maximum Gasteiger partial charge on any atom is 0.407 e. The highest BCUT2D eigenvalue weighted by Gasteiger charge is 2.16. The van der Waals surface area contributed by atoms with Crippen molar-refractivity contribution in [2.24, 2.45) is 0 Å². The fourth-order valence-electron chi connectivity index (χ4n) is 0.807. The minimum absolute atomic E-state index is 0.0702. The molecule has 0 rings (SSSR count). The van der Waals surface area contributed by atoms with Crippen molar-refractivity contribution >= 4 is 28.8 Å². The summed E-state index contributed by atoms with van der Waals surface area (Å²) in [7, 11) is -3.53. The second-order valence-corrected chi connectivity index (χ2v) is 6.44. The van der Waals surface area contributed by atoms with Gasteiger partial charge in [-0.2, -0.15) is 21.0 Å². The Morgan fingerprint density at radius 1 is 1.35 bits per heavy atom. The number of nitrogens with one attached hydrogen (secondary N) is 1. The molecule has 0 heterocycles. The molecule has 1 amide bonds. The molecule has 8 heteroatoms. The summed E-state index contributed by atoms with van der Waals surface area (Å²) in [5.74, 6) is 0.0460. The van der Waals surface area contributed by atoms with Crippen LogP contribution in [0.15, 0.2) is 0 Å². The molecule has 1 N–H and O–H groups in total. The first-order valence-electron chi connectivity index (χ1n) is 5.11. The Balaban J connectivity index is 3.76. The lowest BCUT2D eigenvalue weighted by Gasteiger charge is -2.19. The van der Waals surface area contributed by atoms with Crippen molar-refractivity contribution in [3.63, 3.8) is 0 Å². The van der Waals surface area contributed by atoms with E-state index in [9.17, 15) is 13.2 Å². The summed E-state index contributed by atoms with van der Waals surface area (Å²) in [6.45, 7) is 5.16. The summed E-state index contributed by atoms with van der Waals surface area (Å²) in [6, 6.07) is 0. The molecule has 0 spiro atoms. The van der Waals surface area contributed by atoms with Crippen molar-refractivity contribution in [2.75, 3.05) is 24.7 Å². The van der Waals surface area contributed by atoms with Crippen LogP contribution in [0.4, 0.5) is 4.79 Å². The quantitative estimate of drug-likeness (QED) is 0.428. The van der Waals surface area contributed by atoms with E-state index in [2.05, 4.69) is 22.1 Å². The third-order valence-corrected chi connectivity index (χ3v) is 3.13. The number of carbonyl (C=O) groups is 1. The fourth-order valence-corrected chi connectivity index (χ4v) is 2.16. The van der Waals surface area contributed by atoms with Crippen molar-refractivity contribution in [3.8, 4) is 0 Å². The van der Waals surface area contributed by atoms with Crippen LogP contribution < -0.4 is 5.32 Å².